The molecule has 1 aromatic heterocycles. The third-order valence-electron chi connectivity index (χ3n) is 4.18. The number of rotatable bonds is 4. The maximum Gasteiger partial charge on any atom is 0.224 e. The number of halogens is 1. The van der Waals surface area contributed by atoms with Crippen LogP contribution in [0.3, 0.4) is 0 Å². The number of aromatic nitrogens is 1. The van der Waals surface area contributed by atoms with Gasteiger partial charge in [0, 0.05) is 5.92 Å². The van der Waals surface area contributed by atoms with E-state index in [2.05, 4.69) is 10.3 Å². The van der Waals surface area contributed by atoms with Crippen LogP contribution in [0.4, 0.5) is 4.39 Å². The summed E-state index contributed by atoms with van der Waals surface area (Å²) in [6.07, 6.45) is 0.831. The Bertz CT molecular complexity index is 826. The SMILES string of the molecule is O=C(NCc1nc2ccccc2s1)C1CC1c1ccc(F)cc1. The zero-order valence-corrected chi connectivity index (χ0v) is 13.1. The number of carbonyl (C=O) groups excluding carboxylic acids is 1. The fourth-order valence-electron chi connectivity index (χ4n) is 2.85. The van der Waals surface area contributed by atoms with E-state index in [1.807, 2.05) is 24.3 Å². The molecule has 5 heteroatoms. The molecule has 116 valence electrons. The van der Waals surface area contributed by atoms with Gasteiger partial charge >= 0.3 is 0 Å². The van der Waals surface area contributed by atoms with Gasteiger partial charge in [-0.3, -0.25) is 4.79 Å². The number of benzene rings is 2. The molecule has 4 rings (SSSR count). The van der Waals surface area contributed by atoms with Crippen molar-refractivity contribution in [1.82, 2.24) is 10.3 Å². The molecule has 2 unspecified atom stereocenters. The van der Waals surface area contributed by atoms with Crippen LogP contribution in [0.15, 0.2) is 48.5 Å². The molecule has 23 heavy (non-hydrogen) atoms. The van der Waals surface area contributed by atoms with E-state index in [-0.39, 0.29) is 23.6 Å². The smallest absolute Gasteiger partial charge is 0.224 e. The van der Waals surface area contributed by atoms with Crippen molar-refractivity contribution >= 4 is 27.5 Å². The number of hydrogen-bond acceptors (Lipinski definition) is 3. The van der Waals surface area contributed by atoms with Crippen LogP contribution in [-0.4, -0.2) is 10.9 Å². The minimum absolute atomic E-state index is 0.00478. The van der Waals surface area contributed by atoms with E-state index in [1.54, 1.807) is 23.5 Å². The summed E-state index contributed by atoms with van der Waals surface area (Å²) < 4.78 is 14.1. The van der Waals surface area contributed by atoms with Gasteiger partial charge in [-0.05, 0) is 42.2 Å². The number of para-hydroxylation sites is 1. The number of carbonyl (C=O) groups is 1. The fraction of sp³-hybridized carbons (Fsp3) is 0.222. The second-order valence-electron chi connectivity index (χ2n) is 5.79. The third kappa shape index (κ3) is 2.97. The highest BCUT2D eigenvalue weighted by molar-refractivity contribution is 7.18. The van der Waals surface area contributed by atoms with Crippen molar-refractivity contribution in [3.8, 4) is 0 Å². The molecule has 0 radical (unpaired) electrons. The average molecular weight is 326 g/mol. The molecule has 0 spiro atoms. The largest absolute Gasteiger partial charge is 0.349 e. The second kappa shape index (κ2) is 5.74. The van der Waals surface area contributed by atoms with E-state index in [9.17, 15) is 9.18 Å². The molecule has 2 aromatic carbocycles. The minimum atomic E-state index is -0.244. The van der Waals surface area contributed by atoms with Gasteiger partial charge in [0.25, 0.3) is 0 Å². The first-order chi connectivity index (χ1) is 11.2. The standard InChI is InChI=1S/C18H15FN2OS/c19-12-7-5-11(6-8-12)13-9-14(13)18(22)20-10-17-21-15-3-1-2-4-16(15)23-17/h1-8,13-14H,9-10H2,(H,20,22). The van der Waals surface area contributed by atoms with Crippen molar-refractivity contribution < 1.29 is 9.18 Å². The Balaban J connectivity index is 1.36. The monoisotopic (exact) mass is 326 g/mol. The molecular formula is C18H15FN2OS. The molecule has 0 aliphatic heterocycles. The predicted octanol–water partition coefficient (Wildman–Crippen LogP) is 3.86. The predicted molar refractivity (Wildman–Crippen MR) is 88.7 cm³/mol. The van der Waals surface area contributed by atoms with Crippen molar-refractivity contribution in [2.45, 2.75) is 18.9 Å². The van der Waals surface area contributed by atoms with Gasteiger partial charge in [-0.1, -0.05) is 24.3 Å². The molecule has 1 N–H and O–H groups in total. The van der Waals surface area contributed by atoms with Crippen LogP contribution in [0, 0.1) is 11.7 Å². The summed E-state index contributed by atoms with van der Waals surface area (Å²) in [4.78, 5) is 16.7. The second-order valence-corrected chi connectivity index (χ2v) is 6.91. The van der Waals surface area contributed by atoms with Crippen LogP contribution in [-0.2, 0) is 11.3 Å². The van der Waals surface area contributed by atoms with Crippen LogP contribution in [0.5, 0.6) is 0 Å². The first kappa shape index (κ1) is 14.3. The van der Waals surface area contributed by atoms with Gasteiger partial charge in [0.15, 0.2) is 0 Å². The lowest BCUT2D eigenvalue weighted by molar-refractivity contribution is -0.122. The molecular weight excluding hydrogens is 311 g/mol. The van der Waals surface area contributed by atoms with E-state index in [1.165, 1.54) is 12.1 Å². The highest BCUT2D eigenvalue weighted by Gasteiger charge is 2.43. The summed E-state index contributed by atoms with van der Waals surface area (Å²) in [5.41, 5.74) is 2.00. The Kier molecular flexibility index (Phi) is 3.58. The molecule has 1 aliphatic rings. The number of hydrogen-bond donors (Lipinski definition) is 1. The summed E-state index contributed by atoms with van der Waals surface area (Å²) in [5, 5.41) is 3.88. The van der Waals surface area contributed by atoms with Gasteiger partial charge in [-0.25, -0.2) is 9.37 Å². The number of nitrogens with one attached hydrogen (secondary N) is 1. The molecule has 1 aliphatic carbocycles. The zero-order valence-electron chi connectivity index (χ0n) is 12.3. The molecule has 1 amide bonds. The lowest BCUT2D eigenvalue weighted by atomic mass is 10.1. The molecule has 1 heterocycles. The number of thiazole rings is 1. The summed E-state index contributed by atoms with van der Waals surface area (Å²) in [6, 6.07) is 14.4. The average Bonchev–Trinajstić information content (AvgIpc) is 3.25. The maximum absolute atomic E-state index is 12.9. The maximum atomic E-state index is 12.9. The van der Waals surface area contributed by atoms with Crippen LogP contribution >= 0.6 is 11.3 Å². The Morgan fingerprint density at radius 2 is 2.00 bits per heavy atom. The number of fused-ring (bicyclic) bond motifs is 1. The molecule has 1 fully saturated rings. The normalized spacial score (nSPS) is 19.7. The first-order valence-corrected chi connectivity index (χ1v) is 8.40. The van der Waals surface area contributed by atoms with Gasteiger partial charge < -0.3 is 5.32 Å². The van der Waals surface area contributed by atoms with Crippen LogP contribution in [0.25, 0.3) is 10.2 Å². The Morgan fingerprint density at radius 1 is 1.22 bits per heavy atom. The molecule has 3 nitrogen and oxygen atoms in total. The first-order valence-electron chi connectivity index (χ1n) is 7.58. The van der Waals surface area contributed by atoms with Gasteiger partial charge in [0.2, 0.25) is 5.91 Å². The van der Waals surface area contributed by atoms with E-state index in [0.29, 0.717) is 6.54 Å². The fourth-order valence-corrected chi connectivity index (χ4v) is 3.76. The Hall–Kier alpha value is -2.27. The lowest BCUT2D eigenvalue weighted by Gasteiger charge is -2.03. The summed E-state index contributed by atoms with van der Waals surface area (Å²) >= 11 is 1.60. The minimum Gasteiger partial charge on any atom is -0.349 e. The summed E-state index contributed by atoms with van der Waals surface area (Å²) in [5.74, 6) is 0.0191. The highest BCUT2D eigenvalue weighted by atomic mass is 32.1. The van der Waals surface area contributed by atoms with E-state index < -0.39 is 0 Å². The van der Waals surface area contributed by atoms with Crippen molar-refractivity contribution in [3.05, 3.63) is 64.9 Å². The topological polar surface area (TPSA) is 42.0 Å². The third-order valence-corrected chi connectivity index (χ3v) is 5.21. The van der Waals surface area contributed by atoms with E-state index in [4.69, 9.17) is 0 Å². The Labute approximate surface area is 137 Å². The molecule has 0 saturated heterocycles. The van der Waals surface area contributed by atoms with Crippen LogP contribution < -0.4 is 5.32 Å². The zero-order chi connectivity index (χ0) is 15.8. The van der Waals surface area contributed by atoms with Crippen molar-refractivity contribution in [2.75, 3.05) is 0 Å². The Morgan fingerprint density at radius 3 is 2.78 bits per heavy atom. The van der Waals surface area contributed by atoms with Crippen LogP contribution in [0.2, 0.25) is 0 Å². The number of amides is 1. The van der Waals surface area contributed by atoms with Gasteiger partial charge in [-0.15, -0.1) is 11.3 Å². The highest BCUT2D eigenvalue weighted by Crippen LogP contribution is 2.47. The summed E-state index contributed by atoms with van der Waals surface area (Å²) in [7, 11) is 0. The van der Waals surface area contributed by atoms with Crippen molar-refractivity contribution in [1.29, 1.82) is 0 Å². The molecule has 2 atom stereocenters. The van der Waals surface area contributed by atoms with Gasteiger partial charge in [0.05, 0.1) is 16.8 Å². The molecule has 3 aromatic rings. The molecule has 1 saturated carbocycles. The van der Waals surface area contributed by atoms with E-state index >= 15 is 0 Å². The van der Waals surface area contributed by atoms with E-state index in [0.717, 1.165) is 27.2 Å². The van der Waals surface area contributed by atoms with Gasteiger partial charge in [0.1, 0.15) is 10.8 Å². The summed E-state index contributed by atoms with van der Waals surface area (Å²) in [6.45, 7) is 0.463. The van der Waals surface area contributed by atoms with Crippen LogP contribution in [0.1, 0.15) is 22.9 Å². The van der Waals surface area contributed by atoms with Crippen molar-refractivity contribution in [3.63, 3.8) is 0 Å². The molecule has 0 bridgehead atoms. The number of nitrogens with zero attached hydrogens (tertiary/aromatic N) is 1. The van der Waals surface area contributed by atoms with Crippen molar-refractivity contribution in [2.24, 2.45) is 5.92 Å². The lowest BCUT2D eigenvalue weighted by Crippen LogP contribution is -2.24. The quantitative estimate of drug-likeness (QED) is 0.791. The van der Waals surface area contributed by atoms with Gasteiger partial charge in [-0.2, -0.15) is 0 Å².